The minimum Gasteiger partial charge on any atom is -0.347 e. The molecule has 2 N–H and O–H groups in total. The molecule has 20 heavy (non-hydrogen) atoms. The van der Waals surface area contributed by atoms with E-state index in [-0.39, 0.29) is 5.91 Å². The third kappa shape index (κ3) is 2.88. The molecular weight excluding hydrogens is 252 g/mol. The Kier molecular flexibility index (Phi) is 3.78. The Morgan fingerprint density at radius 1 is 1.25 bits per heavy atom. The van der Waals surface area contributed by atoms with Crippen LogP contribution in [-0.4, -0.2) is 22.4 Å². The average Bonchev–Trinajstić information content (AvgIpc) is 3.11. The van der Waals surface area contributed by atoms with Crippen molar-refractivity contribution in [2.45, 2.75) is 25.9 Å². The fraction of sp³-hybridized carbons (Fsp3) is 0.333. The van der Waals surface area contributed by atoms with Crippen molar-refractivity contribution in [1.82, 2.24) is 15.3 Å². The molecule has 0 saturated carbocycles. The van der Waals surface area contributed by atoms with E-state index < -0.39 is 0 Å². The second-order valence-electron chi connectivity index (χ2n) is 5.00. The number of imidazole rings is 1. The number of H-pyrrole nitrogens is 1. The number of nitrogens with zero attached hydrogens (tertiary/aromatic N) is 2. The summed E-state index contributed by atoms with van der Waals surface area (Å²) >= 11 is 0. The smallest absolute Gasteiger partial charge is 0.227 e. The lowest BCUT2D eigenvalue weighted by Gasteiger charge is -2.16. The Labute approximate surface area is 118 Å². The minimum atomic E-state index is 0.232. The first-order chi connectivity index (χ1) is 9.83. The lowest BCUT2D eigenvalue weighted by molar-refractivity contribution is -0.117. The van der Waals surface area contributed by atoms with Crippen LogP contribution in [0.2, 0.25) is 0 Å². The van der Waals surface area contributed by atoms with Crippen molar-refractivity contribution in [3.05, 3.63) is 48.0 Å². The summed E-state index contributed by atoms with van der Waals surface area (Å²) in [4.78, 5) is 20.6. The summed E-state index contributed by atoms with van der Waals surface area (Å²) < 4.78 is 0. The Balaban J connectivity index is 1.54. The molecule has 5 nitrogen and oxygen atoms in total. The van der Waals surface area contributed by atoms with Gasteiger partial charge < -0.3 is 15.2 Å². The van der Waals surface area contributed by atoms with E-state index in [1.165, 1.54) is 5.56 Å². The highest BCUT2D eigenvalue weighted by molar-refractivity contribution is 5.95. The van der Waals surface area contributed by atoms with Crippen molar-refractivity contribution in [3.8, 4) is 0 Å². The maximum atomic E-state index is 11.7. The van der Waals surface area contributed by atoms with Crippen molar-refractivity contribution >= 4 is 11.6 Å². The number of aromatic amines is 1. The van der Waals surface area contributed by atoms with Gasteiger partial charge in [0.2, 0.25) is 5.91 Å². The maximum Gasteiger partial charge on any atom is 0.227 e. The molecule has 0 atom stereocenters. The van der Waals surface area contributed by atoms with Gasteiger partial charge in [0.1, 0.15) is 0 Å². The largest absolute Gasteiger partial charge is 0.347 e. The van der Waals surface area contributed by atoms with E-state index >= 15 is 0 Å². The zero-order valence-electron chi connectivity index (χ0n) is 11.3. The number of anilines is 1. The zero-order chi connectivity index (χ0) is 13.8. The van der Waals surface area contributed by atoms with Crippen LogP contribution in [0.1, 0.15) is 24.1 Å². The van der Waals surface area contributed by atoms with Gasteiger partial charge in [-0.05, 0) is 24.1 Å². The van der Waals surface area contributed by atoms with Gasteiger partial charge in [-0.2, -0.15) is 0 Å². The first-order valence-electron chi connectivity index (χ1n) is 6.90. The Morgan fingerprint density at radius 2 is 2.10 bits per heavy atom. The summed E-state index contributed by atoms with van der Waals surface area (Å²) in [6, 6.07) is 8.19. The van der Waals surface area contributed by atoms with Crippen LogP contribution < -0.4 is 10.2 Å². The van der Waals surface area contributed by atoms with E-state index in [1.54, 1.807) is 6.33 Å². The van der Waals surface area contributed by atoms with Gasteiger partial charge in [0.15, 0.2) is 0 Å². The molecule has 104 valence electrons. The molecule has 1 aliphatic rings. The van der Waals surface area contributed by atoms with Crippen molar-refractivity contribution in [1.29, 1.82) is 0 Å². The van der Waals surface area contributed by atoms with Gasteiger partial charge in [-0.3, -0.25) is 4.79 Å². The predicted octanol–water partition coefficient (Wildman–Crippen LogP) is 1.83. The molecule has 0 aliphatic carbocycles. The van der Waals surface area contributed by atoms with Gasteiger partial charge in [0, 0.05) is 43.6 Å². The number of carbonyl (C=O) groups is 1. The number of hydrogen-bond acceptors (Lipinski definition) is 3. The second kappa shape index (κ2) is 5.88. The molecule has 2 heterocycles. The molecule has 1 aromatic heterocycles. The predicted molar refractivity (Wildman–Crippen MR) is 77.2 cm³/mol. The number of aromatic nitrogens is 2. The van der Waals surface area contributed by atoms with Gasteiger partial charge >= 0.3 is 0 Å². The lowest BCUT2D eigenvalue weighted by Crippen LogP contribution is -2.23. The van der Waals surface area contributed by atoms with Crippen LogP contribution in [-0.2, 0) is 17.9 Å². The van der Waals surface area contributed by atoms with E-state index in [2.05, 4.69) is 27.4 Å². The number of nitrogens with one attached hydrogen (secondary N) is 2. The average molecular weight is 270 g/mol. The maximum absolute atomic E-state index is 11.7. The van der Waals surface area contributed by atoms with Crippen LogP contribution in [0.4, 0.5) is 5.69 Å². The van der Waals surface area contributed by atoms with Crippen LogP contribution in [0, 0.1) is 0 Å². The molecular formula is C15H18N4O. The number of amides is 1. The number of carbonyl (C=O) groups excluding carboxylic acids is 1. The second-order valence-corrected chi connectivity index (χ2v) is 5.00. The Morgan fingerprint density at radius 3 is 2.75 bits per heavy atom. The van der Waals surface area contributed by atoms with Crippen molar-refractivity contribution < 1.29 is 4.79 Å². The molecule has 0 bridgehead atoms. The van der Waals surface area contributed by atoms with E-state index in [1.807, 2.05) is 23.2 Å². The van der Waals surface area contributed by atoms with Crippen LogP contribution in [0.25, 0.3) is 0 Å². The molecule has 1 aliphatic heterocycles. The number of hydrogen-bond donors (Lipinski definition) is 2. The third-order valence-corrected chi connectivity index (χ3v) is 3.52. The van der Waals surface area contributed by atoms with E-state index in [0.29, 0.717) is 6.42 Å². The Bertz CT molecular complexity index is 562. The monoisotopic (exact) mass is 270 g/mol. The molecule has 5 heteroatoms. The van der Waals surface area contributed by atoms with Crippen LogP contribution in [0.3, 0.4) is 0 Å². The lowest BCUT2D eigenvalue weighted by atomic mass is 10.2. The quantitative estimate of drug-likeness (QED) is 0.871. The molecule has 1 amide bonds. The van der Waals surface area contributed by atoms with Gasteiger partial charge in [-0.15, -0.1) is 0 Å². The SMILES string of the molecule is O=C1CCCN1c1ccc(CNCc2cnc[nH]2)cc1. The van der Waals surface area contributed by atoms with E-state index in [0.717, 1.165) is 37.4 Å². The fourth-order valence-corrected chi connectivity index (χ4v) is 2.44. The Hall–Kier alpha value is -2.14. The van der Waals surface area contributed by atoms with Crippen molar-refractivity contribution in [2.24, 2.45) is 0 Å². The normalized spacial score (nSPS) is 15.0. The topological polar surface area (TPSA) is 61.0 Å². The summed E-state index contributed by atoms with van der Waals surface area (Å²) in [7, 11) is 0. The van der Waals surface area contributed by atoms with E-state index in [4.69, 9.17) is 0 Å². The summed E-state index contributed by atoms with van der Waals surface area (Å²) in [5, 5.41) is 3.35. The van der Waals surface area contributed by atoms with E-state index in [9.17, 15) is 4.79 Å². The standard InChI is InChI=1S/C15H18N4O/c20-15-2-1-7-19(15)14-5-3-12(4-6-14)8-16-9-13-10-17-11-18-13/h3-6,10-11,16H,1-2,7-9H2,(H,17,18). The highest BCUT2D eigenvalue weighted by Crippen LogP contribution is 2.21. The fourth-order valence-electron chi connectivity index (χ4n) is 2.44. The summed E-state index contributed by atoms with van der Waals surface area (Å²) in [6.45, 7) is 2.41. The van der Waals surface area contributed by atoms with Crippen molar-refractivity contribution in [2.75, 3.05) is 11.4 Å². The first-order valence-corrected chi connectivity index (χ1v) is 6.90. The molecule has 1 aromatic carbocycles. The van der Waals surface area contributed by atoms with Gasteiger partial charge in [-0.25, -0.2) is 4.98 Å². The minimum absolute atomic E-state index is 0.232. The molecule has 0 spiro atoms. The highest BCUT2D eigenvalue weighted by Gasteiger charge is 2.21. The van der Waals surface area contributed by atoms with Crippen LogP contribution in [0.5, 0.6) is 0 Å². The van der Waals surface area contributed by atoms with Crippen LogP contribution in [0.15, 0.2) is 36.8 Å². The van der Waals surface area contributed by atoms with Crippen LogP contribution >= 0.6 is 0 Å². The molecule has 3 rings (SSSR count). The number of benzene rings is 1. The molecule has 0 unspecified atom stereocenters. The zero-order valence-corrected chi connectivity index (χ0v) is 11.3. The number of rotatable bonds is 5. The van der Waals surface area contributed by atoms with Crippen molar-refractivity contribution in [3.63, 3.8) is 0 Å². The summed E-state index contributed by atoms with van der Waals surface area (Å²) in [5.74, 6) is 0.232. The summed E-state index contributed by atoms with van der Waals surface area (Å²) in [5.41, 5.74) is 3.29. The van der Waals surface area contributed by atoms with Gasteiger partial charge in [0.05, 0.1) is 6.33 Å². The highest BCUT2D eigenvalue weighted by atomic mass is 16.2. The third-order valence-electron chi connectivity index (χ3n) is 3.52. The van der Waals surface area contributed by atoms with Gasteiger partial charge in [-0.1, -0.05) is 12.1 Å². The first kappa shape index (κ1) is 12.9. The molecule has 1 fully saturated rings. The summed E-state index contributed by atoms with van der Waals surface area (Å²) in [6.07, 6.45) is 5.13. The molecule has 1 saturated heterocycles. The van der Waals surface area contributed by atoms with Gasteiger partial charge in [0.25, 0.3) is 0 Å². The molecule has 0 radical (unpaired) electrons. The molecule has 2 aromatic rings.